The first kappa shape index (κ1) is 11.5. The highest BCUT2D eigenvalue weighted by atomic mass is 16.3. The van der Waals surface area contributed by atoms with Gasteiger partial charge in [-0.25, -0.2) is 0 Å². The lowest BCUT2D eigenvalue weighted by molar-refractivity contribution is 0.426. The Labute approximate surface area is 107 Å². The lowest BCUT2D eigenvalue weighted by Gasteiger charge is -2.32. The predicted molar refractivity (Wildman–Crippen MR) is 71.0 cm³/mol. The molecule has 18 heavy (non-hydrogen) atoms. The molecular weight excluding hydrogens is 224 g/mol. The SMILES string of the molecule is Cc1occc1C(CC1Cc2ccccc21)NN. The van der Waals surface area contributed by atoms with Crippen molar-refractivity contribution in [1.82, 2.24) is 5.43 Å². The third-order valence-corrected chi connectivity index (χ3v) is 3.96. The van der Waals surface area contributed by atoms with Crippen LogP contribution in [-0.2, 0) is 6.42 Å². The molecule has 3 N–H and O–H groups in total. The van der Waals surface area contributed by atoms with Crippen LogP contribution in [0.25, 0.3) is 0 Å². The van der Waals surface area contributed by atoms with E-state index in [0.29, 0.717) is 5.92 Å². The molecule has 0 fully saturated rings. The minimum absolute atomic E-state index is 0.169. The minimum atomic E-state index is 0.169. The van der Waals surface area contributed by atoms with Crippen LogP contribution in [0.4, 0.5) is 0 Å². The average molecular weight is 242 g/mol. The maximum absolute atomic E-state index is 5.69. The smallest absolute Gasteiger partial charge is 0.105 e. The molecule has 3 rings (SSSR count). The molecule has 1 aromatic carbocycles. The van der Waals surface area contributed by atoms with Crippen LogP contribution in [0.2, 0.25) is 0 Å². The van der Waals surface area contributed by atoms with E-state index in [1.54, 1.807) is 6.26 Å². The van der Waals surface area contributed by atoms with Crippen molar-refractivity contribution in [3.8, 4) is 0 Å². The van der Waals surface area contributed by atoms with Gasteiger partial charge in [0, 0.05) is 11.6 Å². The number of furan rings is 1. The molecule has 1 aromatic heterocycles. The second-order valence-corrected chi connectivity index (χ2v) is 4.99. The van der Waals surface area contributed by atoms with E-state index >= 15 is 0 Å². The lowest BCUT2D eigenvalue weighted by atomic mass is 9.74. The standard InChI is InChI=1S/C15H18N2O/c1-10-13(6-7-18-10)15(17-16)9-12-8-11-4-2-3-5-14(11)12/h2-7,12,15,17H,8-9,16H2,1H3. The Kier molecular flexibility index (Phi) is 2.94. The summed E-state index contributed by atoms with van der Waals surface area (Å²) in [6, 6.07) is 10.8. The molecule has 3 heteroatoms. The fourth-order valence-corrected chi connectivity index (χ4v) is 2.90. The molecule has 1 aliphatic rings. The molecule has 1 heterocycles. The van der Waals surface area contributed by atoms with Crippen molar-refractivity contribution >= 4 is 0 Å². The van der Waals surface area contributed by atoms with E-state index in [2.05, 4.69) is 29.7 Å². The maximum atomic E-state index is 5.69. The summed E-state index contributed by atoms with van der Waals surface area (Å²) in [4.78, 5) is 0. The van der Waals surface area contributed by atoms with Gasteiger partial charge in [-0.05, 0) is 42.9 Å². The van der Waals surface area contributed by atoms with Crippen molar-refractivity contribution in [2.45, 2.75) is 31.7 Å². The quantitative estimate of drug-likeness (QED) is 0.640. The van der Waals surface area contributed by atoms with E-state index in [9.17, 15) is 0 Å². The Morgan fingerprint density at radius 2 is 2.22 bits per heavy atom. The molecule has 2 unspecified atom stereocenters. The zero-order valence-electron chi connectivity index (χ0n) is 10.5. The Hall–Kier alpha value is -1.58. The van der Waals surface area contributed by atoms with Crippen LogP contribution in [0.5, 0.6) is 0 Å². The number of rotatable bonds is 4. The Balaban J connectivity index is 1.76. The topological polar surface area (TPSA) is 51.2 Å². The maximum Gasteiger partial charge on any atom is 0.105 e. The zero-order chi connectivity index (χ0) is 12.5. The van der Waals surface area contributed by atoms with Gasteiger partial charge in [0.05, 0.1) is 6.26 Å². The zero-order valence-corrected chi connectivity index (χ0v) is 10.5. The van der Waals surface area contributed by atoms with Crippen LogP contribution in [0, 0.1) is 6.92 Å². The minimum Gasteiger partial charge on any atom is -0.469 e. The van der Waals surface area contributed by atoms with Crippen LogP contribution in [0.1, 0.15) is 40.8 Å². The van der Waals surface area contributed by atoms with E-state index in [0.717, 1.165) is 18.6 Å². The summed E-state index contributed by atoms with van der Waals surface area (Å²) in [5.41, 5.74) is 7.03. The van der Waals surface area contributed by atoms with Gasteiger partial charge in [-0.15, -0.1) is 0 Å². The van der Waals surface area contributed by atoms with Crippen molar-refractivity contribution in [3.05, 3.63) is 59.0 Å². The third kappa shape index (κ3) is 1.85. The van der Waals surface area contributed by atoms with Gasteiger partial charge in [0.25, 0.3) is 0 Å². The summed E-state index contributed by atoms with van der Waals surface area (Å²) in [6.45, 7) is 1.98. The van der Waals surface area contributed by atoms with Gasteiger partial charge in [-0.3, -0.25) is 11.3 Å². The van der Waals surface area contributed by atoms with E-state index in [-0.39, 0.29) is 6.04 Å². The molecule has 1 aliphatic carbocycles. The van der Waals surface area contributed by atoms with Crippen LogP contribution < -0.4 is 11.3 Å². The summed E-state index contributed by atoms with van der Waals surface area (Å²) in [7, 11) is 0. The van der Waals surface area contributed by atoms with Crippen molar-refractivity contribution in [2.24, 2.45) is 5.84 Å². The normalized spacial score (nSPS) is 19.1. The average Bonchev–Trinajstić information content (AvgIpc) is 2.77. The number of aryl methyl sites for hydroxylation is 1. The molecule has 3 nitrogen and oxygen atoms in total. The highest BCUT2D eigenvalue weighted by Gasteiger charge is 2.29. The molecule has 94 valence electrons. The van der Waals surface area contributed by atoms with Crippen molar-refractivity contribution in [3.63, 3.8) is 0 Å². The molecule has 0 bridgehead atoms. The number of benzene rings is 1. The van der Waals surface area contributed by atoms with Crippen molar-refractivity contribution in [1.29, 1.82) is 0 Å². The third-order valence-electron chi connectivity index (χ3n) is 3.96. The first-order valence-electron chi connectivity index (χ1n) is 6.37. The van der Waals surface area contributed by atoms with Crippen LogP contribution in [0.3, 0.4) is 0 Å². The second kappa shape index (κ2) is 4.59. The Morgan fingerprint density at radius 1 is 1.39 bits per heavy atom. The number of hydrazine groups is 1. The molecule has 0 saturated heterocycles. The number of hydrogen-bond acceptors (Lipinski definition) is 3. The molecule has 2 atom stereocenters. The van der Waals surface area contributed by atoms with Gasteiger partial charge in [-0.2, -0.15) is 0 Å². The predicted octanol–water partition coefficient (Wildman–Crippen LogP) is 2.82. The summed E-state index contributed by atoms with van der Waals surface area (Å²) in [6.07, 6.45) is 3.91. The summed E-state index contributed by atoms with van der Waals surface area (Å²) < 4.78 is 5.35. The van der Waals surface area contributed by atoms with Gasteiger partial charge >= 0.3 is 0 Å². The monoisotopic (exact) mass is 242 g/mol. The molecule has 2 aromatic rings. The number of hydrogen-bond donors (Lipinski definition) is 2. The number of fused-ring (bicyclic) bond motifs is 1. The Morgan fingerprint density at radius 3 is 2.89 bits per heavy atom. The summed E-state index contributed by atoms with van der Waals surface area (Å²) in [5, 5.41) is 0. The number of nitrogens with one attached hydrogen (secondary N) is 1. The first-order chi connectivity index (χ1) is 8.79. The fourth-order valence-electron chi connectivity index (χ4n) is 2.90. The van der Waals surface area contributed by atoms with E-state index in [4.69, 9.17) is 10.3 Å². The molecule has 0 saturated carbocycles. The van der Waals surface area contributed by atoms with Crippen LogP contribution >= 0.6 is 0 Å². The molecule has 0 radical (unpaired) electrons. The van der Waals surface area contributed by atoms with Gasteiger partial charge in [0.15, 0.2) is 0 Å². The molecule has 0 amide bonds. The fraction of sp³-hybridized carbons (Fsp3) is 0.333. The van der Waals surface area contributed by atoms with Gasteiger partial charge < -0.3 is 4.42 Å². The van der Waals surface area contributed by atoms with Crippen LogP contribution in [-0.4, -0.2) is 0 Å². The van der Waals surface area contributed by atoms with Gasteiger partial charge in [-0.1, -0.05) is 24.3 Å². The van der Waals surface area contributed by atoms with E-state index in [1.807, 2.05) is 13.0 Å². The Bertz CT molecular complexity index is 547. The molecule has 0 aliphatic heterocycles. The summed E-state index contributed by atoms with van der Waals surface area (Å²) >= 11 is 0. The molecular formula is C15H18N2O. The van der Waals surface area contributed by atoms with Crippen molar-refractivity contribution < 1.29 is 4.42 Å². The summed E-state index contributed by atoms with van der Waals surface area (Å²) in [5.74, 6) is 7.25. The van der Waals surface area contributed by atoms with Gasteiger partial charge in [0.2, 0.25) is 0 Å². The van der Waals surface area contributed by atoms with Gasteiger partial charge in [0.1, 0.15) is 5.76 Å². The van der Waals surface area contributed by atoms with E-state index in [1.165, 1.54) is 16.7 Å². The van der Waals surface area contributed by atoms with E-state index < -0.39 is 0 Å². The first-order valence-corrected chi connectivity index (χ1v) is 6.37. The van der Waals surface area contributed by atoms with Crippen LogP contribution in [0.15, 0.2) is 41.0 Å². The number of nitrogens with two attached hydrogens (primary N) is 1. The highest BCUT2D eigenvalue weighted by molar-refractivity contribution is 5.40. The lowest BCUT2D eigenvalue weighted by Crippen LogP contribution is -2.31. The second-order valence-electron chi connectivity index (χ2n) is 4.99. The van der Waals surface area contributed by atoms with Crippen molar-refractivity contribution in [2.75, 3.05) is 0 Å². The molecule has 0 spiro atoms. The largest absolute Gasteiger partial charge is 0.469 e. The highest BCUT2D eigenvalue weighted by Crippen LogP contribution is 2.40.